The van der Waals surface area contributed by atoms with Gasteiger partial charge in [-0.2, -0.15) is 0 Å². The van der Waals surface area contributed by atoms with Crippen molar-refractivity contribution < 1.29 is 32.9 Å². The maximum absolute atomic E-state index is 12.7. The van der Waals surface area contributed by atoms with Gasteiger partial charge in [-0.25, -0.2) is 0 Å². The molecule has 0 aliphatic rings. The average Bonchev–Trinajstić information content (AvgIpc) is 3.02. The normalized spacial score (nSPS) is 14.7. The van der Waals surface area contributed by atoms with Gasteiger partial charge in [-0.1, -0.05) is 167 Å². The molecule has 3 unspecified atom stereocenters. The van der Waals surface area contributed by atoms with Crippen molar-refractivity contribution in [3.63, 3.8) is 0 Å². The second kappa shape index (κ2) is 32.2. The molecule has 0 bridgehead atoms. The highest BCUT2D eigenvalue weighted by Gasteiger charge is 2.23. The van der Waals surface area contributed by atoms with Gasteiger partial charge < -0.3 is 28.8 Å². The first-order chi connectivity index (χ1) is 23.0. The van der Waals surface area contributed by atoms with Crippen molar-refractivity contribution in [1.82, 2.24) is 5.32 Å². The lowest BCUT2D eigenvalue weighted by Gasteiger charge is -2.29. The molecule has 8 nitrogen and oxygen atoms in total. The quantitative estimate of drug-likeness (QED) is 0.0291. The number of quaternary nitrogens is 1. The fourth-order valence-electron chi connectivity index (χ4n) is 5.74. The summed E-state index contributed by atoms with van der Waals surface area (Å²) in [6.07, 6.45) is 33.9. The van der Waals surface area contributed by atoms with Crippen LogP contribution in [-0.2, 0) is 18.4 Å². The summed E-state index contributed by atoms with van der Waals surface area (Å²) in [4.78, 5) is 25.1. The van der Waals surface area contributed by atoms with Crippen LogP contribution < -0.4 is 10.2 Å². The average molecular weight is 703 g/mol. The number of phosphoric acid groups is 1. The Morgan fingerprint density at radius 2 is 1.12 bits per heavy atom. The number of aliphatic hydroxyl groups excluding tert-OH is 1. The van der Waals surface area contributed by atoms with Crippen LogP contribution in [0, 0.1) is 0 Å². The van der Waals surface area contributed by atoms with Crippen LogP contribution in [0.1, 0.15) is 181 Å². The highest BCUT2D eigenvalue weighted by atomic mass is 31.2. The Bertz CT molecular complexity index is 804. The molecule has 0 spiro atoms. The van der Waals surface area contributed by atoms with Crippen LogP contribution in [0.5, 0.6) is 0 Å². The van der Waals surface area contributed by atoms with Crippen LogP contribution in [0.4, 0.5) is 0 Å². The van der Waals surface area contributed by atoms with Crippen LogP contribution in [0.2, 0.25) is 0 Å². The largest absolute Gasteiger partial charge is 0.756 e. The molecule has 0 aliphatic carbocycles. The first-order valence-electron chi connectivity index (χ1n) is 20.1. The number of nitrogens with one attached hydrogen (secondary N) is 1. The van der Waals surface area contributed by atoms with Crippen LogP contribution in [0.15, 0.2) is 12.2 Å². The second-order valence-corrected chi connectivity index (χ2v) is 16.4. The summed E-state index contributed by atoms with van der Waals surface area (Å²) in [5.74, 6) is -0.200. The summed E-state index contributed by atoms with van der Waals surface area (Å²) in [5.41, 5.74) is 0. The van der Waals surface area contributed by atoms with E-state index in [0.717, 1.165) is 38.5 Å². The summed E-state index contributed by atoms with van der Waals surface area (Å²) in [7, 11) is 1.27. The van der Waals surface area contributed by atoms with Crippen LogP contribution in [-0.4, -0.2) is 68.5 Å². The van der Waals surface area contributed by atoms with Gasteiger partial charge in [0, 0.05) is 6.42 Å². The van der Waals surface area contributed by atoms with Gasteiger partial charge in [0.25, 0.3) is 7.82 Å². The lowest BCUT2D eigenvalue weighted by atomic mass is 10.0. The van der Waals surface area contributed by atoms with Crippen LogP contribution >= 0.6 is 7.82 Å². The van der Waals surface area contributed by atoms with Crippen molar-refractivity contribution >= 4 is 13.7 Å². The second-order valence-electron chi connectivity index (χ2n) is 15.0. The molecular formula is C39H79N2O6P. The molecule has 0 radical (unpaired) electrons. The minimum Gasteiger partial charge on any atom is -0.756 e. The molecule has 9 heteroatoms. The third-order valence-electron chi connectivity index (χ3n) is 9.00. The third kappa shape index (κ3) is 33.7. The summed E-state index contributed by atoms with van der Waals surface area (Å²) in [6, 6.07) is -0.877. The van der Waals surface area contributed by atoms with E-state index in [4.69, 9.17) is 9.05 Å². The number of phosphoric ester groups is 1. The van der Waals surface area contributed by atoms with E-state index in [2.05, 4.69) is 19.2 Å². The van der Waals surface area contributed by atoms with E-state index in [0.29, 0.717) is 17.4 Å². The van der Waals surface area contributed by atoms with Crippen molar-refractivity contribution in [2.45, 2.75) is 193 Å². The molecule has 0 rings (SSSR count). The first kappa shape index (κ1) is 47.2. The fourth-order valence-corrected chi connectivity index (χ4v) is 6.46. The highest BCUT2D eigenvalue weighted by Crippen LogP contribution is 2.38. The van der Waals surface area contributed by atoms with Crippen LogP contribution in [0.3, 0.4) is 0 Å². The number of aliphatic hydroxyl groups is 1. The molecule has 0 aromatic carbocycles. The molecule has 0 heterocycles. The monoisotopic (exact) mass is 703 g/mol. The zero-order valence-electron chi connectivity index (χ0n) is 32.2. The van der Waals surface area contributed by atoms with Gasteiger partial charge in [0.2, 0.25) is 5.91 Å². The standard InChI is InChI=1S/C39H79N2O6P/c1-6-8-10-12-14-16-18-19-20-21-22-23-24-26-28-30-32-38(42)37(36-47-48(44,45)46-35-34-41(3,4)5)40-39(43)33-31-29-27-25-17-15-13-11-9-7-2/h30,32,37-38,42H,6-29,31,33-36H2,1-5H3,(H-,40,43,44,45)/b32-30+. The summed E-state index contributed by atoms with van der Waals surface area (Å²) < 4.78 is 23.1. The van der Waals surface area contributed by atoms with Gasteiger partial charge in [0.05, 0.1) is 39.9 Å². The fraction of sp³-hybridized carbons (Fsp3) is 0.923. The van der Waals surface area contributed by atoms with Crippen molar-refractivity contribution in [3.05, 3.63) is 12.2 Å². The van der Waals surface area contributed by atoms with E-state index in [1.165, 1.54) is 122 Å². The first-order valence-corrected chi connectivity index (χ1v) is 21.5. The van der Waals surface area contributed by atoms with E-state index < -0.39 is 20.0 Å². The molecule has 0 saturated carbocycles. The smallest absolute Gasteiger partial charge is 0.268 e. The minimum absolute atomic E-state index is 0.00168. The lowest BCUT2D eigenvalue weighted by Crippen LogP contribution is -2.45. The number of hydrogen-bond donors (Lipinski definition) is 2. The Morgan fingerprint density at radius 1 is 0.708 bits per heavy atom. The Morgan fingerprint density at radius 3 is 1.56 bits per heavy atom. The molecule has 0 aliphatic heterocycles. The molecule has 286 valence electrons. The van der Waals surface area contributed by atoms with Gasteiger partial charge in [0.15, 0.2) is 0 Å². The van der Waals surface area contributed by atoms with Crippen LogP contribution in [0.25, 0.3) is 0 Å². The number of hydrogen-bond acceptors (Lipinski definition) is 6. The van der Waals surface area contributed by atoms with E-state index in [9.17, 15) is 19.4 Å². The number of rotatable bonds is 36. The van der Waals surface area contributed by atoms with Gasteiger partial charge in [-0.3, -0.25) is 9.36 Å². The molecular weight excluding hydrogens is 623 g/mol. The Balaban J connectivity index is 4.47. The summed E-state index contributed by atoms with van der Waals surface area (Å²) >= 11 is 0. The number of amides is 1. The van der Waals surface area contributed by atoms with E-state index in [-0.39, 0.29) is 19.1 Å². The Hall–Kier alpha value is -0.760. The predicted molar refractivity (Wildman–Crippen MR) is 201 cm³/mol. The molecule has 1 amide bonds. The van der Waals surface area contributed by atoms with E-state index >= 15 is 0 Å². The maximum Gasteiger partial charge on any atom is 0.268 e. The number of carbonyl (C=O) groups is 1. The van der Waals surface area contributed by atoms with Crippen molar-refractivity contribution in [3.8, 4) is 0 Å². The zero-order chi connectivity index (χ0) is 35.8. The van der Waals surface area contributed by atoms with Crippen molar-refractivity contribution in [2.75, 3.05) is 40.9 Å². The molecule has 2 N–H and O–H groups in total. The van der Waals surface area contributed by atoms with Crippen molar-refractivity contribution in [2.24, 2.45) is 0 Å². The molecule has 0 fully saturated rings. The Kier molecular flexibility index (Phi) is 31.7. The maximum atomic E-state index is 12.7. The number of carbonyl (C=O) groups excluding carboxylic acids is 1. The molecule has 0 aromatic heterocycles. The lowest BCUT2D eigenvalue weighted by molar-refractivity contribution is -0.870. The van der Waals surface area contributed by atoms with E-state index in [1.807, 2.05) is 27.2 Å². The number of allylic oxidation sites excluding steroid dienone is 1. The highest BCUT2D eigenvalue weighted by molar-refractivity contribution is 7.45. The Labute approximate surface area is 297 Å². The van der Waals surface area contributed by atoms with Crippen molar-refractivity contribution in [1.29, 1.82) is 0 Å². The predicted octanol–water partition coefficient (Wildman–Crippen LogP) is 9.78. The topological polar surface area (TPSA) is 108 Å². The molecule has 48 heavy (non-hydrogen) atoms. The zero-order valence-corrected chi connectivity index (χ0v) is 33.1. The van der Waals surface area contributed by atoms with Gasteiger partial charge in [-0.15, -0.1) is 0 Å². The third-order valence-corrected chi connectivity index (χ3v) is 9.96. The van der Waals surface area contributed by atoms with Gasteiger partial charge >= 0.3 is 0 Å². The summed E-state index contributed by atoms with van der Waals surface area (Å²) in [6.45, 7) is 4.62. The van der Waals surface area contributed by atoms with E-state index in [1.54, 1.807) is 6.08 Å². The van der Waals surface area contributed by atoms with Gasteiger partial charge in [-0.05, 0) is 19.3 Å². The number of likely N-dealkylation sites (N-methyl/N-ethyl adjacent to an activating group) is 1. The summed E-state index contributed by atoms with van der Waals surface area (Å²) in [5, 5.41) is 13.7. The molecule has 3 atom stereocenters. The molecule has 0 aromatic rings. The van der Waals surface area contributed by atoms with Gasteiger partial charge in [0.1, 0.15) is 13.2 Å². The number of nitrogens with zero attached hydrogens (tertiary/aromatic N) is 1. The number of unbranched alkanes of at least 4 members (excludes halogenated alkanes) is 23. The molecule has 0 saturated heterocycles. The SMILES string of the molecule is CCCCCCCCCCCCCCCC/C=C/C(O)C(COP(=O)([O-])OCC[N+](C)(C)C)NC(=O)CCCCCCCCCCCC. The minimum atomic E-state index is -4.57.